The van der Waals surface area contributed by atoms with Crippen molar-refractivity contribution in [2.75, 3.05) is 13.7 Å². The molecule has 1 aliphatic carbocycles. The quantitative estimate of drug-likeness (QED) is 0.774. The van der Waals surface area contributed by atoms with E-state index in [-0.39, 0.29) is 0 Å². The van der Waals surface area contributed by atoms with Crippen LogP contribution in [0.1, 0.15) is 23.1 Å². The first kappa shape index (κ1) is 9.69. The molecule has 1 atom stereocenters. The Labute approximate surface area is 84.5 Å². The van der Waals surface area contributed by atoms with Crippen molar-refractivity contribution in [3.8, 4) is 0 Å². The molecular formula is C12H16O2. The van der Waals surface area contributed by atoms with Gasteiger partial charge in [-0.1, -0.05) is 23.8 Å². The number of hydrogen-bond acceptors (Lipinski definition) is 2. The first-order valence-corrected chi connectivity index (χ1v) is 4.97. The van der Waals surface area contributed by atoms with Gasteiger partial charge in [-0.05, 0) is 30.9 Å². The molecule has 0 heterocycles. The van der Waals surface area contributed by atoms with Crippen LogP contribution in [0.5, 0.6) is 0 Å². The van der Waals surface area contributed by atoms with Crippen molar-refractivity contribution in [1.29, 1.82) is 0 Å². The predicted molar refractivity (Wildman–Crippen MR) is 55.3 cm³/mol. The van der Waals surface area contributed by atoms with E-state index in [1.807, 2.05) is 12.1 Å². The van der Waals surface area contributed by atoms with Crippen LogP contribution in [0.3, 0.4) is 0 Å². The maximum Gasteiger partial charge on any atom is 0.113 e. The van der Waals surface area contributed by atoms with E-state index in [9.17, 15) is 5.11 Å². The van der Waals surface area contributed by atoms with E-state index in [1.165, 1.54) is 11.1 Å². The van der Waals surface area contributed by atoms with E-state index in [0.717, 1.165) is 18.4 Å². The fraction of sp³-hybridized carbons (Fsp3) is 0.500. The number of benzene rings is 1. The lowest BCUT2D eigenvalue weighted by molar-refractivity contribution is -0.0340. The molecule has 0 aliphatic heterocycles. The maximum absolute atomic E-state index is 10.3. The maximum atomic E-state index is 10.3. The van der Waals surface area contributed by atoms with Gasteiger partial charge in [-0.3, -0.25) is 0 Å². The number of ether oxygens (including phenoxy) is 1. The Morgan fingerprint density at radius 3 is 3.00 bits per heavy atom. The minimum atomic E-state index is -0.752. The number of methoxy groups -OCH3 is 1. The van der Waals surface area contributed by atoms with Crippen molar-refractivity contribution in [1.82, 2.24) is 0 Å². The lowest BCUT2D eigenvalue weighted by Gasteiger charge is -2.22. The molecule has 2 heteroatoms. The summed E-state index contributed by atoms with van der Waals surface area (Å²) < 4.78 is 5.07. The van der Waals surface area contributed by atoms with Crippen molar-refractivity contribution < 1.29 is 9.84 Å². The largest absolute Gasteiger partial charge is 0.383 e. The van der Waals surface area contributed by atoms with E-state index in [0.29, 0.717) is 6.61 Å². The summed E-state index contributed by atoms with van der Waals surface area (Å²) in [4.78, 5) is 0. The van der Waals surface area contributed by atoms with Crippen molar-refractivity contribution >= 4 is 0 Å². The van der Waals surface area contributed by atoms with Gasteiger partial charge in [-0.25, -0.2) is 0 Å². The van der Waals surface area contributed by atoms with Gasteiger partial charge >= 0.3 is 0 Å². The minimum absolute atomic E-state index is 0.392. The van der Waals surface area contributed by atoms with Crippen LogP contribution in [0.25, 0.3) is 0 Å². The van der Waals surface area contributed by atoms with Crippen LogP contribution in [0.15, 0.2) is 18.2 Å². The SMILES string of the molecule is COCC1(O)CCc2cc(C)ccc21. The Balaban J connectivity index is 2.39. The highest BCUT2D eigenvalue weighted by atomic mass is 16.5. The molecule has 14 heavy (non-hydrogen) atoms. The highest BCUT2D eigenvalue weighted by molar-refractivity contribution is 5.39. The molecule has 76 valence electrons. The van der Waals surface area contributed by atoms with Gasteiger partial charge in [0.05, 0.1) is 6.61 Å². The molecule has 0 saturated heterocycles. The average molecular weight is 192 g/mol. The van der Waals surface area contributed by atoms with Crippen molar-refractivity contribution in [2.24, 2.45) is 0 Å². The van der Waals surface area contributed by atoms with Gasteiger partial charge in [0.25, 0.3) is 0 Å². The first-order chi connectivity index (χ1) is 6.65. The van der Waals surface area contributed by atoms with Crippen molar-refractivity contribution in [2.45, 2.75) is 25.4 Å². The second-order valence-electron chi connectivity index (χ2n) is 4.13. The van der Waals surface area contributed by atoms with Gasteiger partial charge in [-0.2, -0.15) is 0 Å². The van der Waals surface area contributed by atoms with Crippen LogP contribution in [0.4, 0.5) is 0 Å². The smallest absolute Gasteiger partial charge is 0.113 e. The summed E-state index contributed by atoms with van der Waals surface area (Å²) in [6, 6.07) is 6.23. The van der Waals surface area contributed by atoms with Crippen molar-refractivity contribution in [3.05, 3.63) is 34.9 Å². The highest BCUT2D eigenvalue weighted by Crippen LogP contribution is 2.37. The molecule has 1 aromatic carbocycles. The van der Waals surface area contributed by atoms with E-state index < -0.39 is 5.60 Å². The number of rotatable bonds is 2. The zero-order chi connectivity index (χ0) is 10.2. The van der Waals surface area contributed by atoms with Crippen molar-refractivity contribution in [3.63, 3.8) is 0 Å². The number of hydrogen-bond donors (Lipinski definition) is 1. The molecule has 0 bridgehead atoms. The molecule has 1 aliphatic rings. The highest BCUT2D eigenvalue weighted by Gasteiger charge is 2.36. The second-order valence-corrected chi connectivity index (χ2v) is 4.13. The summed E-state index contributed by atoms with van der Waals surface area (Å²) in [7, 11) is 1.63. The molecule has 1 aromatic rings. The Hall–Kier alpha value is -0.860. The monoisotopic (exact) mass is 192 g/mol. The number of aliphatic hydroxyl groups is 1. The Bertz CT molecular complexity index is 346. The molecule has 0 fully saturated rings. The van der Waals surface area contributed by atoms with Crippen LogP contribution >= 0.6 is 0 Å². The molecule has 2 nitrogen and oxygen atoms in total. The average Bonchev–Trinajstić information content (AvgIpc) is 2.44. The van der Waals surface area contributed by atoms with Gasteiger partial charge in [0.2, 0.25) is 0 Å². The third-order valence-corrected chi connectivity index (χ3v) is 2.95. The van der Waals surface area contributed by atoms with E-state index in [1.54, 1.807) is 7.11 Å². The molecule has 1 N–H and O–H groups in total. The lowest BCUT2D eigenvalue weighted by atomic mass is 9.96. The molecular weight excluding hydrogens is 176 g/mol. The number of fused-ring (bicyclic) bond motifs is 1. The molecule has 2 rings (SSSR count). The van der Waals surface area contributed by atoms with Crippen LogP contribution < -0.4 is 0 Å². The first-order valence-electron chi connectivity index (χ1n) is 4.97. The fourth-order valence-corrected chi connectivity index (χ4v) is 2.25. The molecule has 0 saturated carbocycles. The Morgan fingerprint density at radius 2 is 2.29 bits per heavy atom. The molecule has 0 amide bonds. The minimum Gasteiger partial charge on any atom is -0.383 e. The van der Waals surface area contributed by atoms with E-state index in [4.69, 9.17) is 4.74 Å². The molecule has 1 unspecified atom stereocenters. The zero-order valence-electron chi connectivity index (χ0n) is 8.71. The normalized spacial score (nSPS) is 25.1. The van der Waals surface area contributed by atoms with Gasteiger partial charge in [-0.15, -0.1) is 0 Å². The third kappa shape index (κ3) is 1.45. The second kappa shape index (κ2) is 3.37. The molecule has 0 spiro atoms. The standard InChI is InChI=1S/C12H16O2/c1-9-3-4-11-10(7-9)5-6-12(11,13)8-14-2/h3-4,7,13H,5-6,8H2,1-2H3. The van der Waals surface area contributed by atoms with Gasteiger partial charge in [0.15, 0.2) is 0 Å². The van der Waals surface area contributed by atoms with E-state index in [2.05, 4.69) is 13.0 Å². The summed E-state index contributed by atoms with van der Waals surface area (Å²) in [6.07, 6.45) is 1.73. The summed E-state index contributed by atoms with van der Waals surface area (Å²) >= 11 is 0. The predicted octanol–water partition coefficient (Wildman–Crippen LogP) is 1.78. The number of aryl methyl sites for hydroxylation is 2. The summed E-state index contributed by atoms with van der Waals surface area (Å²) in [5, 5.41) is 10.3. The van der Waals surface area contributed by atoms with Gasteiger partial charge in [0.1, 0.15) is 5.60 Å². The summed E-state index contributed by atoms with van der Waals surface area (Å²) in [5.41, 5.74) is 2.82. The summed E-state index contributed by atoms with van der Waals surface area (Å²) in [6.45, 7) is 2.47. The van der Waals surface area contributed by atoms with Crippen LogP contribution in [0, 0.1) is 6.92 Å². The van der Waals surface area contributed by atoms with Crippen LogP contribution in [-0.2, 0) is 16.8 Å². The third-order valence-electron chi connectivity index (χ3n) is 2.95. The van der Waals surface area contributed by atoms with Gasteiger partial charge < -0.3 is 9.84 Å². The zero-order valence-corrected chi connectivity index (χ0v) is 8.71. The van der Waals surface area contributed by atoms with E-state index >= 15 is 0 Å². The Kier molecular flexibility index (Phi) is 2.33. The lowest BCUT2D eigenvalue weighted by Crippen LogP contribution is -2.28. The van der Waals surface area contributed by atoms with Crippen LogP contribution in [-0.4, -0.2) is 18.8 Å². The van der Waals surface area contributed by atoms with Gasteiger partial charge in [0, 0.05) is 7.11 Å². The summed E-state index contributed by atoms with van der Waals surface area (Å²) in [5.74, 6) is 0. The topological polar surface area (TPSA) is 29.5 Å². The Morgan fingerprint density at radius 1 is 1.50 bits per heavy atom. The molecule has 0 aromatic heterocycles. The van der Waals surface area contributed by atoms with Crippen LogP contribution in [0.2, 0.25) is 0 Å². The fourth-order valence-electron chi connectivity index (χ4n) is 2.25. The molecule has 0 radical (unpaired) electrons.